The molecule has 10 aromatic carbocycles. The lowest BCUT2D eigenvalue weighted by atomic mass is 9.70. The first-order valence-corrected chi connectivity index (χ1v) is 24.7. The van der Waals surface area contributed by atoms with Crippen molar-refractivity contribution in [2.24, 2.45) is 0 Å². The van der Waals surface area contributed by atoms with Crippen LogP contribution in [-0.2, 0) is 5.41 Å². The zero-order valence-corrected chi connectivity index (χ0v) is 40.6. The molecule has 2 heteroatoms. The largest absolute Gasteiger partial charge is 0.311 e. The fourth-order valence-corrected chi connectivity index (χ4v) is 10.9. The highest BCUT2D eigenvalue weighted by atomic mass is 15.1. The van der Waals surface area contributed by atoms with E-state index in [1.807, 2.05) is 0 Å². The summed E-state index contributed by atoms with van der Waals surface area (Å²) >= 11 is 0. The van der Waals surface area contributed by atoms with E-state index in [4.69, 9.17) is 0 Å². The maximum Gasteiger partial charge on any atom is 0.0725 e. The number of hydrogen-bond donors (Lipinski definition) is 0. The Morgan fingerprint density at radius 3 is 0.831 bits per heavy atom. The van der Waals surface area contributed by atoms with Gasteiger partial charge in [0.05, 0.1) is 5.41 Å². The summed E-state index contributed by atoms with van der Waals surface area (Å²) < 4.78 is 0. The van der Waals surface area contributed by atoms with Gasteiger partial charge in [0.15, 0.2) is 0 Å². The fourth-order valence-electron chi connectivity index (χ4n) is 10.9. The van der Waals surface area contributed by atoms with Crippen LogP contribution in [-0.4, -0.2) is 0 Å². The Balaban J connectivity index is 0.879. The molecular weight excluding hydrogens is 857 g/mol. The quantitative estimate of drug-likeness (QED) is 0.126. The van der Waals surface area contributed by atoms with Crippen LogP contribution in [0.3, 0.4) is 0 Å². The summed E-state index contributed by atoms with van der Waals surface area (Å²) in [5.74, 6) is 0. The third-order valence-corrected chi connectivity index (χ3v) is 14.5. The molecule has 0 fully saturated rings. The number of aryl methyl sites for hydroxylation is 4. The number of anilines is 6. The summed E-state index contributed by atoms with van der Waals surface area (Å²) in [5.41, 5.74) is 26.5. The van der Waals surface area contributed by atoms with Crippen molar-refractivity contribution < 1.29 is 0 Å². The van der Waals surface area contributed by atoms with Gasteiger partial charge >= 0.3 is 0 Å². The summed E-state index contributed by atoms with van der Waals surface area (Å²) in [6.45, 7) is 8.54. The molecule has 0 aliphatic heterocycles. The third kappa shape index (κ3) is 7.88. The van der Waals surface area contributed by atoms with E-state index in [9.17, 15) is 0 Å². The summed E-state index contributed by atoms with van der Waals surface area (Å²) in [6.07, 6.45) is 9.04. The van der Waals surface area contributed by atoms with Gasteiger partial charge in [0.25, 0.3) is 0 Å². The van der Waals surface area contributed by atoms with E-state index in [-0.39, 0.29) is 0 Å². The van der Waals surface area contributed by atoms with Crippen LogP contribution < -0.4 is 9.80 Å². The summed E-state index contributed by atoms with van der Waals surface area (Å²) in [4.78, 5) is 4.65. The third-order valence-electron chi connectivity index (χ3n) is 14.5. The molecule has 10 aromatic rings. The average Bonchev–Trinajstić information content (AvgIpc) is 3.87. The summed E-state index contributed by atoms with van der Waals surface area (Å²) in [5, 5.41) is 0. The average molecular weight is 911 g/mol. The first-order chi connectivity index (χ1) is 34.8. The lowest BCUT2D eigenvalue weighted by Gasteiger charge is -2.30. The van der Waals surface area contributed by atoms with Gasteiger partial charge in [0.1, 0.15) is 0 Å². The molecule has 340 valence electrons. The van der Waals surface area contributed by atoms with Crippen molar-refractivity contribution in [3.05, 3.63) is 297 Å². The molecule has 0 unspecified atom stereocenters. The van der Waals surface area contributed by atoms with Gasteiger partial charge < -0.3 is 9.80 Å². The second kappa shape index (κ2) is 18.0. The fraction of sp³-hybridized carbons (Fsp3) is 0.0725. The number of fused-ring (bicyclic) bond motifs is 10. The standard InChI is InChI=1S/C69H54N2/c1-47-13-31-55(32-14-47)70(56-33-15-48(2)16-34-56)59-39-25-51(26-40-59)21-23-53-29-43-63-61-9-5-7-11-65(61)69(67(63)45-53)66-12-8-6-10-62(66)64-44-30-54(46-68(64)69)24-22-52-27-41-60(42-28-52)71(57-35-17-49(3)18-36-57)58-37-19-50(4)20-38-58/h5-46H,1-4H3/b23-21+,24-22+. The minimum Gasteiger partial charge on any atom is -0.311 e. The lowest BCUT2D eigenvalue weighted by molar-refractivity contribution is 0.793. The van der Waals surface area contributed by atoms with Crippen molar-refractivity contribution in [1.82, 2.24) is 0 Å². The molecule has 2 nitrogen and oxygen atoms in total. The molecule has 71 heavy (non-hydrogen) atoms. The SMILES string of the molecule is Cc1ccc(N(c2ccc(C)cc2)c2ccc(/C=C/c3ccc4c(c3)C3(c5ccccc5-4)c4ccccc4-c4ccc(/C=C/c5ccc(N(c6ccc(C)cc6)c6ccc(C)cc6)cc5)cc43)cc2)cc1. The van der Waals surface area contributed by atoms with Crippen molar-refractivity contribution >= 4 is 58.4 Å². The molecule has 0 aromatic heterocycles. The van der Waals surface area contributed by atoms with Crippen LogP contribution in [0.5, 0.6) is 0 Å². The number of nitrogens with zero attached hydrogens (tertiary/aromatic N) is 2. The molecule has 0 saturated heterocycles. The first kappa shape index (κ1) is 43.6. The molecule has 0 radical (unpaired) electrons. The Morgan fingerprint density at radius 1 is 0.254 bits per heavy atom. The minimum absolute atomic E-state index is 0.459. The maximum absolute atomic E-state index is 2.45. The van der Waals surface area contributed by atoms with Crippen molar-refractivity contribution in [3.63, 3.8) is 0 Å². The molecular formula is C69H54N2. The van der Waals surface area contributed by atoms with Crippen LogP contribution in [0.2, 0.25) is 0 Å². The Bertz CT molecular complexity index is 3300. The van der Waals surface area contributed by atoms with Gasteiger partial charge in [-0.15, -0.1) is 0 Å². The summed E-state index contributed by atoms with van der Waals surface area (Å²) in [6, 6.07) is 85.2. The zero-order chi connectivity index (χ0) is 48.1. The lowest BCUT2D eigenvalue weighted by Crippen LogP contribution is -2.26. The molecule has 0 saturated carbocycles. The monoisotopic (exact) mass is 910 g/mol. The number of benzene rings is 10. The van der Waals surface area contributed by atoms with E-state index < -0.39 is 5.41 Å². The Labute approximate surface area is 418 Å². The highest BCUT2D eigenvalue weighted by molar-refractivity contribution is 5.96. The Kier molecular flexibility index (Phi) is 11.0. The van der Waals surface area contributed by atoms with Crippen LogP contribution in [0, 0.1) is 27.7 Å². The molecule has 0 bridgehead atoms. The maximum atomic E-state index is 2.45. The van der Waals surface area contributed by atoms with Gasteiger partial charge in [0.2, 0.25) is 0 Å². The molecule has 0 heterocycles. The van der Waals surface area contributed by atoms with Crippen LogP contribution in [0.1, 0.15) is 66.8 Å². The van der Waals surface area contributed by atoms with Crippen LogP contribution >= 0.6 is 0 Å². The highest BCUT2D eigenvalue weighted by Gasteiger charge is 2.51. The van der Waals surface area contributed by atoms with Gasteiger partial charge in [-0.3, -0.25) is 0 Å². The first-order valence-electron chi connectivity index (χ1n) is 24.7. The molecule has 0 N–H and O–H groups in total. The minimum atomic E-state index is -0.459. The second-order valence-electron chi connectivity index (χ2n) is 19.3. The predicted octanol–water partition coefficient (Wildman–Crippen LogP) is 18.5. The molecule has 2 aliphatic carbocycles. The van der Waals surface area contributed by atoms with E-state index in [1.54, 1.807) is 0 Å². The van der Waals surface area contributed by atoms with Gasteiger partial charge in [-0.2, -0.15) is 0 Å². The van der Waals surface area contributed by atoms with Crippen molar-refractivity contribution in [2.45, 2.75) is 33.1 Å². The normalized spacial score (nSPS) is 12.8. The van der Waals surface area contributed by atoms with Gasteiger partial charge in [-0.05, 0) is 179 Å². The molecule has 12 rings (SSSR count). The topological polar surface area (TPSA) is 6.48 Å². The second-order valence-corrected chi connectivity index (χ2v) is 19.3. The summed E-state index contributed by atoms with van der Waals surface area (Å²) in [7, 11) is 0. The number of hydrogen-bond acceptors (Lipinski definition) is 2. The van der Waals surface area contributed by atoms with Gasteiger partial charge in [-0.1, -0.05) is 192 Å². The van der Waals surface area contributed by atoms with Crippen LogP contribution in [0.15, 0.2) is 231 Å². The van der Waals surface area contributed by atoms with Crippen molar-refractivity contribution in [2.75, 3.05) is 9.80 Å². The Hall–Kier alpha value is -8.72. The van der Waals surface area contributed by atoms with Crippen LogP contribution in [0.25, 0.3) is 46.6 Å². The highest BCUT2D eigenvalue weighted by Crippen LogP contribution is 2.63. The molecule has 1 spiro atoms. The zero-order valence-electron chi connectivity index (χ0n) is 40.6. The smallest absolute Gasteiger partial charge is 0.0725 e. The van der Waals surface area contributed by atoms with Gasteiger partial charge in [0, 0.05) is 34.1 Å². The van der Waals surface area contributed by atoms with Crippen molar-refractivity contribution in [1.29, 1.82) is 0 Å². The predicted molar refractivity (Wildman–Crippen MR) is 302 cm³/mol. The van der Waals surface area contributed by atoms with Gasteiger partial charge in [-0.25, -0.2) is 0 Å². The van der Waals surface area contributed by atoms with Crippen LogP contribution in [0.4, 0.5) is 34.1 Å². The van der Waals surface area contributed by atoms with E-state index in [0.717, 1.165) is 45.3 Å². The Morgan fingerprint density at radius 2 is 0.507 bits per heavy atom. The molecule has 0 atom stereocenters. The molecule has 2 aliphatic rings. The van der Waals surface area contributed by atoms with E-state index in [2.05, 4.69) is 292 Å². The van der Waals surface area contributed by atoms with Crippen molar-refractivity contribution in [3.8, 4) is 22.3 Å². The van der Waals surface area contributed by atoms with E-state index in [1.165, 1.54) is 77.9 Å². The number of rotatable bonds is 10. The van der Waals surface area contributed by atoms with E-state index >= 15 is 0 Å². The van der Waals surface area contributed by atoms with E-state index in [0.29, 0.717) is 0 Å². The molecule has 0 amide bonds.